The van der Waals surface area contributed by atoms with Gasteiger partial charge >= 0.3 is 5.97 Å². The fraction of sp³-hybridized carbons (Fsp3) is 0.429. The maximum atomic E-state index is 13.2. The summed E-state index contributed by atoms with van der Waals surface area (Å²) < 4.78 is 11.4. The van der Waals surface area contributed by atoms with Crippen LogP contribution in [0.5, 0.6) is 11.5 Å². The number of hydrogen-bond donors (Lipinski definition) is 2. The molecule has 0 saturated heterocycles. The van der Waals surface area contributed by atoms with E-state index in [4.69, 9.17) is 9.47 Å². The SMILES string of the molecule is CCOc1cc(C2NC(=O)c3c(sc4c3CCC(C(C)(C)CC)C4)N2)ccc1OC(=O)c1cccs1. The molecule has 5 rings (SSSR count). The Morgan fingerprint density at radius 1 is 1.17 bits per heavy atom. The van der Waals surface area contributed by atoms with Gasteiger partial charge in [0.2, 0.25) is 0 Å². The van der Waals surface area contributed by atoms with Crippen molar-refractivity contribution in [2.45, 2.75) is 59.5 Å². The van der Waals surface area contributed by atoms with Crippen molar-refractivity contribution in [2.75, 3.05) is 11.9 Å². The summed E-state index contributed by atoms with van der Waals surface area (Å²) in [5, 5.41) is 9.45. The van der Waals surface area contributed by atoms with Gasteiger partial charge in [-0.1, -0.05) is 39.3 Å². The minimum atomic E-state index is -0.416. The molecule has 0 fully saturated rings. The molecular formula is C28H32N2O4S2. The summed E-state index contributed by atoms with van der Waals surface area (Å²) in [6.07, 6.45) is 3.87. The van der Waals surface area contributed by atoms with Crippen molar-refractivity contribution >= 4 is 39.6 Å². The van der Waals surface area contributed by atoms with Crippen molar-refractivity contribution in [1.29, 1.82) is 0 Å². The Hall–Kier alpha value is -2.84. The molecular weight excluding hydrogens is 492 g/mol. The van der Waals surface area contributed by atoms with Crippen molar-refractivity contribution in [2.24, 2.45) is 11.3 Å². The van der Waals surface area contributed by atoms with Gasteiger partial charge in [-0.25, -0.2) is 4.79 Å². The molecule has 36 heavy (non-hydrogen) atoms. The van der Waals surface area contributed by atoms with E-state index in [0.717, 1.165) is 41.8 Å². The van der Waals surface area contributed by atoms with Gasteiger partial charge in [0.05, 0.1) is 12.2 Å². The number of thiophene rings is 2. The monoisotopic (exact) mass is 524 g/mol. The topological polar surface area (TPSA) is 76.7 Å². The molecule has 6 nitrogen and oxygen atoms in total. The number of hydrogen-bond acceptors (Lipinski definition) is 7. The number of rotatable bonds is 7. The summed E-state index contributed by atoms with van der Waals surface area (Å²) in [5.74, 6) is 1.01. The lowest BCUT2D eigenvalue weighted by Crippen LogP contribution is -2.38. The Morgan fingerprint density at radius 2 is 2.00 bits per heavy atom. The number of ether oxygens (including phenoxy) is 2. The van der Waals surface area contributed by atoms with Gasteiger partial charge in [-0.3, -0.25) is 4.79 Å². The molecule has 1 aliphatic heterocycles. The van der Waals surface area contributed by atoms with Crippen LogP contribution in [0, 0.1) is 11.3 Å². The van der Waals surface area contributed by atoms with Crippen LogP contribution in [-0.2, 0) is 12.8 Å². The number of carbonyl (C=O) groups is 2. The lowest BCUT2D eigenvalue weighted by atomic mass is 9.69. The number of esters is 1. The van der Waals surface area contributed by atoms with Gasteiger partial charge in [0.1, 0.15) is 16.0 Å². The number of carbonyl (C=O) groups excluding carboxylic acids is 2. The molecule has 2 N–H and O–H groups in total. The third-order valence-electron chi connectivity index (χ3n) is 7.59. The minimum absolute atomic E-state index is 0.0365. The fourth-order valence-electron chi connectivity index (χ4n) is 5.02. The largest absolute Gasteiger partial charge is 0.490 e. The Kier molecular flexibility index (Phi) is 6.83. The van der Waals surface area contributed by atoms with Crippen LogP contribution in [0.25, 0.3) is 0 Å². The highest BCUT2D eigenvalue weighted by Crippen LogP contribution is 2.47. The van der Waals surface area contributed by atoms with Crippen molar-refractivity contribution in [1.82, 2.24) is 5.32 Å². The number of nitrogens with one attached hydrogen (secondary N) is 2. The fourth-order valence-corrected chi connectivity index (χ4v) is 6.97. The van der Waals surface area contributed by atoms with E-state index in [-0.39, 0.29) is 5.91 Å². The quantitative estimate of drug-likeness (QED) is 0.262. The first kappa shape index (κ1) is 24.8. The molecule has 8 heteroatoms. The van der Waals surface area contributed by atoms with Crippen LogP contribution < -0.4 is 20.1 Å². The van der Waals surface area contributed by atoms with Crippen LogP contribution in [0.4, 0.5) is 5.00 Å². The molecule has 0 spiro atoms. The van der Waals surface area contributed by atoms with Crippen LogP contribution in [-0.4, -0.2) is 18.5 Å². The van der Waals surface area contributed by atoms with Crippen molar-refractivity contribution in [3.8, 4) is 11.5 Å². The van der Waals surface area contributed by atoms with Gasteiger partial charge in [0, 0.05) is 4.88 Å². The number of anilines is 1. The number of benzene rings is 1. The molecule has 0 radical (unpaired) electrons. The van der Waals surface area contributed by atoms with E-state index in [0.29, 0.717) is 34.3 Å². The molecule has 190 valence electrons. The number of fused-ring (bicyclic) bond motifs is 3. The Morgan fingerprint density at radius 3 is 2.72 bits per heavy atom. The van der Waals surface area contributed by atoms with Crippen molar-refractivity contribution in [3.05, 3.63) is 62.2 Å². The van der Waals surface area contributed by atoms with Crippen LogP contribution in [0.15, 0.2) is 35.7 Å². The van der Waals surface area contributed by atoms with Gasteiger partial charge in [0.25, 0.3) is 5.91 Å². The molecule has 0 bridgehead atoms. The minimum Gasteiger partial charge on any atom is -0.490 e. The van der Waals surface area contributed by atoms with Gasteiger partial charge in [-0.05, 0) is 72.2 Å². The first-order valence-electron chi connectivity index (χ1n) is 12.5. The zero-order valence-electron chi connectivity index (χ0n) is 21.1. The maximum absolute atomic E-state index is 13.2. The predicted octanol–water partition coefficient (Wildman–Crippen LogP) is 6.82. The molecule has 0 saturated carbocycles. The summed E-state index contributed by atoms with van der Waals surface area (Å²) in [6.45, 7) is 9.28. The first-order valence-corrected chi connectivity index (χ1v) is 14.2. The Labute approximate surface area is 220 Å². The maximum Gasteiger partial charge on any atom is 0.353 e. The Balaban J connectivity index is 1.38. The molecule has 3 heterocycles. The molecule has 2 atom stereocenters. The van der Waals surface area contributed by atoms with Gasteiger partial charge in [-0.2, -0.15) is 0 Å². The van der Waals surface area contributed by atoms with E-state index in [1.165, 1.54) is 21.8 Å². The standard InChI is InChI=1S/C28H32N2O4S2/c1-5-28(3,4)17-10-11-18-22(15-17)36-26-23(18)25(31)29-24(30-26)16-9-12-19(20(14-16)33-6-2)34-27(32)21-8-7-13-35-21/h7-9,12-14,17,24,30H,5-6,10-11,15H2,1-4H3,(H,29,31). The van der Waals surface area contributed by atoms with E-state index >= 15 is 0 Å². The van der Waals surface area contributed by atoms with Crippen LogP contribution in [0.2, 0.25) is 0 Å². The molecule has 3 aromatic rings. The van der Waals surface area contributed by atoms with Crippen LogP contribution in [0.1, 0.15) is 82.7 Å². The molecule has 1 amide bonds. The molecule has 2 unspecified atom stereocenters. The van der Waals surface area contributed by atoms with Crippen molar-refractivity contribution in [3.63, 3.8) is 0 Å². The second kappa shape index (κ2) is 9.90. The molecule has 2 aliphatic rings. The molecule has 1 aromatic carbocycles. The summed E-state index contributed by atoms with van der Waals surface area (Å²) >= 11 is 3.05. The normalized spacial score (nSPS) is 19.1. The second-order valence-electron chi connectivity index (χ2n) is 10.0. The number of amides is 1. The highest BCUT2D eigenvalue weighted by molar-refractivity contribution is 7.16. The Bertz CT molecular complexity index is 1280. The zero-order chi connectivity index (χ0) is 25.4. The predicted molar refractivity (Wildman–Crippen MR) is 145 cm³/mol. The molecule has 2 aromatic heterocycles. The summed E-state index contributed by atoms with van der Waals surface area (Å²) in [7, 11) is 0. The summed E-state index contributed by atoms with van der Waals surface area (Å²) in [5.41, 5.74) is 3.16. The third kappa shape index (κ3) is 4.64. The van der Waals surface area contributed by atoms with Crippen LogP contribution in [0.3, 0.4) is 0 Å². The zero-order valence-corrected chi connectivity index (χ0v) is 22.7. The van der Waals surface area contributed by atoms with E-state index in [1.807, 2.05) is 30.5 Å². The second-order valence-corrected chi connectivity index (χ2v) is 12.1. The lowest BCUT2D eigenvalue weighted by Gasteiger charge is -2.36. The first-order chi connectivity index (χ1) is 17.3. The average Bonchev–Trinajstić information content (AvgIpc) is 3.53. The van der Waals surface area contributed by atoms with Gasteiger partial charge < -0.3 is 20.1 Å². The van der Waals surface area contributed by atoms with E-state index < -0.39 is 12.1 Å². The highest BCUT2D eigenvalue weighted by Gasteiger charge is 2.37. The van der Waals surface area contributed by atoms with Crippen LogP contribution >= 0.6 is 22.7 Å². The molecule has 1 aliphatic carbocycles. The average molecular weight is 525 g/mol. The van der Waals surface area contributed by atoms with E-state index in [2.05, 4.69) is 31.4 Å². The third-order valence-corrected chi connectivity index (χ3v) is 9.62. The van der Waals surface area contributed by atoms with Gasteiger partial charge in [0.15, 0.2) is 11.5 Å². The summed E-state index contributed by atoms with van der Waals surface area (Å²) in [4.78, 5) is 27.6. The highest BCUT2D eigenvalue weighted by atomic mass is 32.1. The lowest BCUT2D eigenvalue weighted by molar-refractivity contribution is 0.0733. The van der Waals surface area contributed by atoms with E-state index in [1.54, 1.807) is 23.5 Å². The van der Waals surface area contributed by atoms with Gasteiger partial charge in [-0.15, -0.1) is 22.7 Å². The van der Waals surface area contributed by atoms with Crippen molar-refractivity contribution < 1.29 is 19.1 Å². The van der Waals surface area contributed by atoms with E-state index in [9.17, 15) is 9.59 Å². The smallest absolute Gasteiger partial charge is 0.353 e. The summed E-state index contributed by atoms with van der Waals surface area (Å²) in [6, 6.07) is 8.96.